The van der Waals surface area contributed by atoms with Crippen LogP contribution in [0.1, 0.15) is 19.8 Å². The van der Waals surface area contributed by atoms with Gasteiger partial charge in [-0.25, -0.2) is 0 Å². The molecule has 6 heteroatoms. The van der Waals surface area contributed by atoms with Gasteiger partial charge in [-0.1, -0.05) is 25.5 Å². The molecule has 0 aliphatic carbocycles. The molecule has 0 saturated heterocycles. The van der Waals surface area contributed by atoms with E-state index in [1.807, 2.05) is 6.08 Å². The SMILES string of the molecule is CCCCNC/C=C/CN.O=N[O-].[Na+]. The van der Waals surface area contributed by atoms with Gasteiger partial charge in [-0.3, -0.25) is 0 Å². The van der Waals surface area contributed by atoms with E-state index in [9.17, 15) is 0 Å². The predicted octanol–water partition coefficient (Wildman–Crippen LogP) is -1.85. The van der Waals surface area contributed by atoms with Crippen LogP contribution in [0.5, 0.6) is 0 Å². The Morgan fingerprint density at radius 2 is 2.07 bits per heavy atom. The standard InChI is InChI=1S/C8H18N2.HNO2.Na/c1-2-3-7-10-8-5-4-6-9;2-1-3;/h4-5,10H,2-3,6-9H2,1H3;(H,2,3);/q;;+1/p-1/b5-4+;;. The molecule has 0 fully saturated rings. The minimum absolute atomic E-state index is 0. The Bertz CT molecular complexity index is 123. The molecule has 3 N–H and O–H groups in total. The van der Waals surface area contributed by atoms with Gasteiger partial charge in [0, 0.05) is 13.1 Å². The number of nitrogens with two attached hydrogens (primary N) is 1. The van der Waals surface area contributed by atoms with E-state index in [0.29, 0.717) is 6.54 Å². The molecule has 78 valence electrons. The second kappa shape index (κ2) is 23.1. The van der Waals surface area contributed by atoms with Crippen molar-refractivity contribution in [2.75, 3.05) is 19.6 Å². The Morgan fingerprint density at radius 3 is 2.50 bits per heavy atom. The van der Waals surface area contributed by atoms with Gasteiger partial charge < -0.3 is 21.2 Å². The van der Waals surface area contributed by atoms with E-state index in [4.69, 9.17) is 15.8 Å². The Labute approximate surface area is 107 Å². The van der Waals surface area contributed by atoms with E-state index in [1.165, 1.54) is 12.8 Å². The van der Waals surface area contributed by atoms with Gasteiger partial charge in [-0.2, -0.15) is 0 Å². The minimum Gasteiger partial charge on any atom is -0.444 e. The van der Waals surface area contributed by atoms with Crippen LogP contribution in [0.25, 0.3) is 0 Å². The average molecular weight is 211 g/mol. The second-order valence-electron chi connectivity index (χ2n) is 2.34. The summed E-state index contributed by atoms with van der Waals surface area (Å²) in [4.78, 5) is 8.00. The smallest absolute Gasteiger partial charge is 0.444 e. The maximum atomic E-state index is 8.00. The summed E-state index contributed by atoms with van der Waals surface area (Å²) >= 11 is 0. The minimum atomic E-state index is 0. The molecular weight excluding hydrogens is 193 g/mol. The third-order valence-corrected chi connectivity index (χ3v) is 1.27. The molecule has 0 radical (unpaired) electrons. The first kappa shape index (κ1) is 19.6. The molecule has 0 spiro atoms. The van der Waals surface area contributed by atoms with Crippen LogP contribution in [0.4, 0.5) is 0 Å². The molecule has 5 nitrogen and oxygen atoms in total. The molecule has 0 aromatic heterocycles. The summed E-state index contributed by atoms with van der Waals surface area (Å²) in [7, 11) is 0. The van der Waals surface area contributed by atoms with Crippen LogP contribution in [0.2, 0.25) is 0 Å². The summed E-state index contributed by atoms with van der Waals surface area (Å²) < 4.78 is 0. The quantitative estimate of drug-likeness (QED) is 0.177. The number of rotatable bonds is 6. The Morgan fingerprint density at radius 1 is 1.50 bits per heavy atom. The molecule has 0 rings (SSSR count). The van der Waals surface area contributed by atoms with Crippen LogP contribution < -0.4 is 40.6 Å². The molecule has 0 atom stereocenters. The predicted molar refractivity (Wildman–Crippen MR) is 55.1 cm³/mol. The van der Waals surface area contributed by atoms with E-state index < -0.39 is 0 Å². The van der Waals surface area contributed by atoms with Crippen LogP contribution in [-0.2, 0) is 0 Å². The fraction of sp³-hybridized carbons (Fsp3) is 0.750. The molecule has 14 heavy (non-hydrogen) atoms. The van der Waals surface area contributed by atoms with Gasteiger partial charge in [-0.15, -0.1) is 5.34 Å². The maximum absolute atomic E-state index is 8.00. The van der Waals surface area contributed by atoms with Gasteiger partial charge in [-0.05, 0) is 13.0 Å². The van der Waals surface area contributed by atoms with Crippen LogP contribution in [0, 0.1) is 10.1 Å². The van der Waals surface area contributed by atoms with E-state index >= 15 is 0 Å². The zero-order valence-electron chi connectivity index (χ0n) is 9.03. The first-order chi connectivity index (χ1) is 6.33. The molecule has 0 aliphatic rings. The van der Waals surface area contributed by atoms with E-state index in [0.717, 1.165) is 18.4 Å². The Kier molecular flexibility index (Phi) is 32.4. The molecular formula is C8H18N3NaO2. The van der Waals surface area contributed by atoms with Crippen molar-refractivity contribution < 1.29 is 29.6 Å². The van der Waals surface area contributed by atoms with Gasteiger partial charge in [0.15, 0.2) is 0 Å². The summed E-state index contributed by atoms with van der Waals surface area (Å²) in [5.74, 6) is 0. The van der Waals surface area contributed by atoms with Crippen molar-refractivity contribution >= 4 is 0 Å². The normalized spacial score (nSPS) is 8.71. The van der Waals surface area contributed by atoms with Crippen LogP contribution in [0.15, 0.2) is 17.5 Å². The van der Waals surface area contributed by atoms with Gasteiger partial charge in [0.05, 0.1) is 0 Å². The van der Waals surface area contributed by atoms with Gasteiger partial charge in [0.2, 0.25) is 0 Å². The van der Waals surface area contributed by atoms with Crippen molar-refractivity contribution in [3.8, 4) is 0 Å². The number of nitrogens with zero attached hydrogens (tertiary/aromatic N) is 1. The first-order valence-electron chi connectivity index (χ1n) is 4.34. The van der Waals surface area contributed by atoms with Gasteiger partial charge in [0.1, 0.15) is 0 Å². The summed E-state index contributed by atoms with van der Waals surface area (Å²) in [6, 6.07) is 0. The van der Waals surface area contributed by atoms with Crippen molar-refractivity contribution in [1.82, 2.24) is 5.32 Å². The topological polar surface area (TPSA) is 90.5 Å². The summed E-state index contributed by atoms with van der Waals surface area (Å²) in [5.41, 5.74) is 5.25. The Balaban J connectivity index is -0.000000267. The molecule has 0 unspecified atom stereocenters. The number of hydrogen-bond acceptors (Lipinski definition) is 5. The Hall–Kier alpha value is 0.0600. The van der Waals surface area contributed by atoms with Crippen molar-refractivity contribution in [2.24, 2.45) is 11.1 Å². The molecule has 0 saturated carbocycles. The summed E-state index contributed by atoms with van der Waals surface area (Å²) in [5, 5.41) is 12.3. The fourth-order valence-electron chi connectivity index (χ4n) is 0.667. The number of nitrogens with one attached hydrogen (secondary N) is 1. The van der Waals surface area contributed by atoms with Crippen LogP contribution in [0.3, 0.4) is 0 Å². The average Bonchev–Trinajstić information content (AvgIpc) is 2.13. The molecule has 0 amide bonds. The van der Waals surface area contributed by atoms with Crippen LogP contribution in [-0.4, -0.2) is 19.6 Å². The zero-order chi connectivity index (χ0) is 10.4. The number of hydrogen-bond donors (Lipinski definition) is 2. The number of unbranched alkanes of at least 4 members (excludes halogenated alkanes) is 1. The fourth-order valence-corrected chi connectivity index (χ4v) is 0.667. The van der Waals surface area contributed by atoms with E-state index in [2.05, 4.69) is 18.3 Å². The van der Waals surface area contributed by atoms with Gasteiger partial charge >= 0.3 is 29.6 Å². The van der Waals surface area contributed by atoms with Gasteiger partial charge in [0.25, 0.3) is 0 Å². The molecule has 0 aromatic rings. The van der Waals surface area contributed by atoms with E-state index in [1.54, 1.807) is 0 Å². The van der Waals surface area contributed by atoms with Crippen molar-refractivity contribution in [3.63, 3.8) is 0 Å². The third-order valence-electron chi connectivity index (χ3n) is 1.27. The molecule has 0 aliphatic heterocycles. The largest absolute Gasteiger partial charge is 1.00 e. The first-order valence-corrected chi connectivity index (χ1v) is 4.34. The molecule has 0 bridgehead atoms. The third kappa shape index (κ3) is 29.6. The van der Waals surface area contributed by atoms with Crippen molar-refractivity contribution in [1.29, 1.82) is 0 Å². The van der Waals surface area contributed by atoms with Crippen LogP contribution >= 0.6 is 0 Å². The molecule has 0 aromatic carbocycles. The van der Waals surface area contributed by atoms with Crippen molar-refractivity contribution in [3.05, 3.63) is 22.3 Å². The maximum Gasteiger partial charge on any atom is 1.00 e. The van der Waals surface area contributed by atoms with Crippen molar-refractivity contribution in [2.45, 2.75) is 19.8 Å². The monoisotopic (exact) mass is 211 g/mol. The zero-order valence-corrected chi connectivity index (χ0v) is 11.0. The summed E-state index contributed by atoms with van der Waals surface area (Å²) in [6.07, 6.45) is 6.55. The molecule has 0 heterocycles. The second-order valence-corrected chi connectivity index (χ2v) is 2.34. The van der Waals surface area contributed by atoms with E-state index in [-0.39, 0.29) is 29.6 Å². The summed E-state index contributed by atoms with van der Waals surface area (Å²) in [6.45, 7) is 4.91.